The highest BCUT2D eigenvalue weighted by Crippen LogP contribution is 2.22. The van der Waals surface area contributed by atoms with Crippen LogP contribution < -0.4 is 10.1 Å². The summed E-state index contributed by atoms with van der Waals surface area (Å²) in [6.07, 6.45) is 0. The first kappa shape index (κ1) is 19.2. The van der Waals surface area contributed by atoms with Crippen LogP contribution >= 0.6 is 11.3 Å². The summed E-state index contributed by atoms with van der Waals surface area (Å²) in [5.74, 6) is 0.787. The predicted molar refractivity (Wildman–Crippen MR) is 112 cm³/mol. The lowest BCUT2D eigenvalue weighted by Crippen LogP contribution is -2.26. The van der Waals surface area contributed by atoms with Crippen molar-refractivity contribution in [1.29, 1.82) is 0 Å². The van der Waals surface area contributed by atoms with Gasteiger partial charge in [0.25, 0.3) is 5.91 Å². The Hall–Kier alpha value is -2.59. The molecule has 1 heterocycles. The molecule has 0 radical (unpaired) electrons. The van der Waals surface area contributed by atoms with Gasteiger partial charge in [0.2, 0.25) is 0 Å². The fourth-order valence-corrected chi connectivity index (χ4v) is 3.83. The molecular weight excluding hydrogens is 354 g/mol. The highest BCUT2D eigenvalue weighted by molar-refractivity contribution is 7.12. The quantitative estimate of drug-likeness (QED) is 0.593. The highest BCUT2D eigenvalue weighted by atomic mass is 32.1. The van der Waals surface area contributed by atoms with Crippen molar-refractivity contribution in [3.05, 3.63) is 86.6 Å². The Bertz CT molecular complexity index is 928. The molecule has 140 valence electrons. The fraction of sp³-hybridized carbons (Fsp3) is 0.261. The number of carbonyl (C=O) groups is 1. The van der Waals surface area contributed by atoms with E-state index in [9.17, 15) is 4.79 Å². The second-order valence-corrected chi connectivity index (χ2v) is 7.89. The van der Waals surface area contributed by atoms with Crippen LogP contribution in [0.1, 0.15) is 50.5 Å². The van der Waals surface area contributed by atoms with Crippen LogP contribution in [0.5, 0.6) is 5.75 Å². The largest absolute Gasteiger partial charge is 0.489 e. The molecule has 2 aromatic carbocycles. The number of amides is 1. The lowest BCUT2D eigenvalue weighted by atomic mass is 10.0. The van der Waals surface area contributed by atoms with E-state index in [1.54, 1.807) is 0 Å². The average Bonchev–Trinajstić information content (AvgIpc) is 3.10. The van der Waals surface area contributed by atoms with Crippen molar-refractivity contribution in [2.24, 2.45) is 0 Å². The molecule has 3 aromatic rings. The summed E-state index contributed by atoms with van der Waals surface area (Å²) >= 11 is 1.45. The molecule has 1 amide bonds. The van der Waals surface area contributed by atoms with Gasteiger partial charge in [0.1, 0.15) is 12.4 Å². The highest BCUT2D eigenvalue weighted by Gasteiger charge is 2.15. The average molecular weight is 380 g/mol. The number of aryl methyl sites for hydroxylation is 3. The van der Waals surface area contributed by atoms with Crippen LogP contribution in [-0.2, 0) is 6.61 Å². The monoisotopic (exact) mass is 379 g/mol. The smallest absolute Gasteiger partial charge is 0.261 e. The standard InChI is InChI=1S/C23H25NO2S/c1-15-5-8-20(9-6-15)26-13-19-12-22(27-14-19)23(25)24-18(4)21-10-7-16(2)11-17(21)3/h5-12,14,18H,13H2,1-4H3,(H,24,25). The van der Waals surface area contributed by atoms with Gasteiger partial charge in [0, 0.05) is 5.56 Å². The van der Waals surface area contributed by atoms with E-state index < -0.39 is 0 Å². The van der Waals surface area contributed by atoms with Gasteiger partial charge in [0.15, 0.2) is 0 Å². The maximum Gasteiger partial charge on any atom is 0.261 e. The van der Waals surface area contributed by atoms with Gasteiger partial charge in [-0.15, -0.1) is 11.3 Å². The Balaban J connectivity index is 1.60. The molecule has 27 heavy (non-hydrogen) atoms. The first-order chi connectivity index (χ1) is 12.9. The number of hydrogen-bond acceptors (Lipinski definition) is 3. The third kappa shape index (κ3) is 4.98. The maximum absolute atomic E-state index is 12.6. The van der Waals surface area contributed by atoms with Crippen molar-refractivity contribution in [2.75, 3.05) is 0 Å². The van der Waals surface area contributed by atoms with Crippen LogP contribution in [0.25, 0.3) is 0 Å². The molecule has 1 unspecified atom stereocenters. The summed E-state index contributed by atoms with van der Waals surface area (Å²) in [7, 11) is 0. The molecule has 4 heteroatoms. The Labute approximate surface area is 165 Å². The van der Waals surface area contributed by atoms with E-state index in [4.69, 9.17) is 4.74 Å². The Morgan fingerprint density at radius 3 is 2.44 bits per heavy atom. The zero-order valence-corrected chi connectivity index (χ0v) is 17.0. The lowest BCUT2D eigenvalue weighted by Gasteiger charge is -2.16. The van der Waals surface area contributed by atoms with Crippen molar-refractivity contribution in [3.63, 3.8) is 0 Å². The third-order valence-corrected chi connectivity index (χ3v) is 5.52. The van der Waals surface area contributed by atoms with Crippen molar-refractivity contribution in [1.82, 2.24) is 5.32 Å². The summed E-state index contributed by atoms with van der Waals surface area (Å²) in [5.41, 5.74) is 5.78. The number of carbonyl (C=O) groups excluding carboxylic acids is 1. The van der Waals surface area contributed by atoms with E-state index in [2.05, 4.69) is 37.4 Å². The van der Waals surface area contributed by atoms with E-state index in [0.717, 1.165) is 16.9 Å². The second kappa shape index (κ2) is 8.40. The molecular formula is C23H25NO2S. The zero-order valence-electron chi connectivity index (χ0n) is 16.2. The minimum absolute atomic E-state index is 0.0348. The molecule has 0 bridgehead atoms. The van der Waals surface area contributed by atoms with Gasteiger partial charge >= 0.3 is 0 Å². The van der Waals surface area contributed by atoms with E-state index >= 15 is 0 Å². The van der Waals surface area contributed by atoms with E-state index in [-0.39, 0.29) is 11.9 Å². The Morgan fingerprint density at radius 1 is 1.04 bits per heavy atom. The maximum atomic E-state index is 12.6. The number of hydrogen-bond donors (Lipinski definition) is 1. The number of benzene rings is 2. The van der Waals surface area contributed by atoms with Crippen LogP contribution in [0.4, 0.5) is 0 Å². The molecule has 0 saturated carbocycles. The molecule has 3 rings (SSSR count). The lowest BCUT2D eigenvalue weighted by molar-refractivity contribution is 0.0944. The SMILES string of the molecule is Cc1ccc(OCc2csc(C(=O)NC(C)c3ccc(C)cc3C)c2)cc1. The van der Waals surface area contributed by atoms with Gasteiger partial charge in [-0.1, -0.05) is 41.5 Å². The molecule has 1 atom stereocenters. The normalized spacial score (nSPS) is 11.9. The third-order valence-electron chi connectivity index (χ3n) is 4.54. The molecule has 0 aliphatic carbocycles. The second-order valence-electron chi connectivity index (χ2n) is 6.98. The number of thiophene rings is 1. The molecule has 3 nitrogen and oxygen atoms in total. The molecule has 1 aromatic heterocycles. The van der Waals surface area contributed by atoms with Crippen LogP contribution in [0.15, 0.2) is 53.9 Å². The van der Waals surface area contributed by atoms with Crippen LogP contribution in [0, 0.1) is 20.8 Å². The predicted octanol–water partition coefficient (Wildman–Crippen LogP) is 5.74. The zero-order chi connectivity index (χ0) is 19.4. The van der Waals surface area contributed by atoms with Gasteiger partial charge in [-0.2, -0.15) is 0 Å². The van der Waals surface area contributed by atoms with Gasteiger partial charge in [-0.3, -0.25) is 4.79 Å². The Kier molecular flexibility index (Phi) is 5.97. The Morgan fingerprint density at radius 2 is 1.74 bits per heavy atom. The van der Waals surface area contributed by atoms with E-state index in [1.165, 1.54) is 28.0 Å². The first-order valence-corrected chi connectivity index (χ1v) is 9.95. The summed E-state index contributed by atoms with van der Waals surface area (Å²) in [6.45, 7) is 8.68. The van der Waals surface area contributed by atoms with Crippen molar-refractivity contribution >= 4 is 17.2 Å². The topological polar surface area (TPSA) is 38.3 Å². The minimum Gasteiger partial charge on any atom is -0.489 e. The van der Waals surface area contributed by atoms with Crippen LogP contribution in [0.3, 0.4) is 0 Å². The van der Waals surface area contributed by atoms with Crippen molar-refractivity contribution in [2.45, 2.75) is 40.3 Å². The van der Waals surface area contributed by atoms with E-state index in [1.807, 2.05) is 49.6 Å². The number of ether oxygens (including phenoxy) is 1. The minimum atomic E-state index is -0.0472. The molecule has 0 saturated heterocycles. The number of rotatable bonds is 6. The summed E-state index contributed by atoms with van der Waals surface area (Å²) in [5, 5.41) is 5.07. The van der Waals surface area contributed by atoms with Crippen molar-refractivity contribution in [3.8, 4) is 5.75 Å². The molecule has 0 spiro atoms. The van der Waals surface area contributed by atoms with Crippen molar-refractivity contribution < 1.29 is 9.53 Å². The van der Waals surface area contributed by atoms with Crippen LogP contribution in [-0.4, -0.2) is 5.91 Å². The first-order valence-electron chi connectivity index (χ1n) is 9.07. The molecule has 0 aliphatic rings. The number of nitrogens with one attached hydrogen (secondary N) is 1. The molecule has 0 fully saturated rings. The van der Waals surface area contributed by atoms with Gasteiger partial charge in [-0.05, 0) is 62.4 Å². The van der Waals surface area contributed by atoms with Gasteiger partial charge in [0.05, 0.1) is 10.9 Å². The van der Waals surface area contributed by atoms with Crippen LogP contribution in [0.2, 0.25) is 0 Å². The van der Waals surface area contributed by atoms with Gasteiger partial charge < -0.3 is 10.1 Å². The summed E-state index contributed by atoms with van der Waals surface area (Å²) in [6, 6.07) is 16.1. The fourth-order valence-electron chi connectivity index (χ4n) is 3.03. The summed E-state index contributed by atoms with van der Waals surface area (Å²) < 4.78 is 5.79. The summed E-state index contributed by atoms with van der Waals surface area (Å²) in [4.78, 5) is 13.3. The van der Waals surface area contributed by atoms with Gasteiger partial charge in [-0.25, -0.2) is 0 Å². The molecule has 0 aliphatic heterocycles. The molecule has 1 N–H and O–H groups in total. The van der Waals surface area contributed by atoms with E-state index in [0.29, 0.717) is 11.5 Å².